The maximum Gasteiger partial charge on any atom is 0.291 e. The van der Waals surface area contributed by atoms with Gasteiger partial charge in [-0.3, -0.25) is 9.59 Å². The summed E-state index contributed by atoms with van der Waals surface area (Å²) in [6.07, 6.45) is 5.06. The smallest absolute Gasteiger partial charge is 0.291 e. The minimum Gasteiger partial charge on any atom is -0.469 e. The molecule has 1 N–H and O–H groups in total. The summed E-state index contributed by atoms with van der Waals surface area (Å²) in [6, 6.07) is 11.7. The van der Waals surface area contributed by atoms with Gasteiger partial charge in [-0.25, -0.2) is 4.68 Å². The normalized spacial score (nSPS) is 12.5. The van der Waals surface area contributed by atoms with Crippen LogP contribution in [0, 0.1) is 0 Å². The van der Waals surface area contributed by atoms with E-state index in [1.54, 1.807) is 19.5 Å². The molecule has 1 amide bonds. The van der Waals surface area contributed by atoms with E-state index >= 15 is 0 Å². The van der Waals surface area contributed by atoms with Crippen LogP contribution in [0.15, 0.2) is 58.1 Å². The van der Waals surface area contributed by atoms with Gasteiger partial charge in [0.05, 0.1) is 12.5 Å². The molecule has 0 saturated carbocycles. The molecule has 150 valence electrons. The van der Waals surface area contributed by atoms with Gasteiger partial charge in [0.1, 0.15) is 11.3 Å². The molecule has 0 fully saturated rings. The first-order valence-corrected chi connectivity index (χ1v) is 9.79. The third kappa shape index (κ3) is 3.81. The van der Waals surface area contributed by atoms with E-state index < -0.39 is 0 Å². The van der Waals surface area contributed by atoms with E-state index in [1.807, 2.05) is 47.9 Å². The second kappa shape index (κ2) is 7.95. The number of fused-ring (bicyclic) bond motifs is 3. The van der Waals surface area contributed by atoms with Crippen LogP contribution in [0.4, 0.5) is 0 Å². The predicted molar refractivity (Wildman–Crippen MR) is 112 cm³/mol. The minimum atomic E-state index is -0.129. The van der Waals surface area contributed by atoms with Crippen LogP contribution in [0.1, 0.15) is 25.5 Å². The first-order chi connectivity index (χ1) is 14.0. The molecular weight excluding hydrogens is 368 g/mol. The zero-order chi connectivity index (χ0) is 20.4. The molecule has 4 aromatic rings. The summed E-state index contributed by atoms with van der Waals surface area (Å²) in [5.74, 6) is 0.854. The van der Waals surface area contributed by atoms with Crippen molar-refractivity contribution in [2.45, 2.75) is 38.8 Å². The number of aromatic nitrogens is 3. The molecule has 0 unspecified atom stereocenters. The fourth-order valence-corrected chi connectivity index (χ4v) is 3.80. The number of amides is 1. The highest BCUT2D eigenvalue weighted by atomic mass is 16.3. The average Bonchev–Trinajstić information content (AvgIpc) is 3.31. The molecule has 0 aliphatic heterocycles. The van der Waals surface area contributed by atoms with Crippen molar-refractivity contribution in [1.29, 1.82) is 0 Å². The number of para-hydroxylation sites is 1. The number of rotatable bonds is 7. The standard InChI is InChI=1S/C22H24N4O3/c1-15(13-16-7-6-12-29-16)24-20(27)10-5-11-26-19-9-4-3-8-17(19)18-14-23-25(2)22(28)21(18)26/h3-4,6-9,12,14-15H,5,10-11,13H2,1-2H3,(H,24,27)/t15-/m0/s1. The molecule has 3 aromatic heterocycles. The largest absolute Gasteiger partial charge is 0.469 e. The lowest BCUT2D eigenvalue weighted by Gasteiger charge is -2.13. The Hall–Kier alpha value is -3.35. The first-order valence-electron chi connectivity index (χ1n) is 9.79. The van der Waals surface area contributed by atoms with Crippen molar-refractivity contribution < 1.29 is 9.21 Å². The van der Waals surface area contributed by atoms with Gasteiger partial charge in [-0.1, -0.05) is 18.2 Å². The Kier molecular flexibility index (Phi) is 5.20. The zero-order valence-electron chi connectivity index (χ0n) is 16.6. The number of benzene rings is 1. The summed E-state index contributed by atoms with van der Waals surface area (Å²) in [7, 11) is 1.65. The van der Waals surface area contributed by atoms with E-state index in [0.29, 0.717) is 31.3 Å². The number of hydrogen-bond donors (Lipinski definition) is 1. The molecule has 0 saturated heterocycles. The van der Waals surface area contributed by atoms with Crippen LogP contribution in [-0.2, 0) is 24.8 Å². The summed E-state index contributed by atoms with van der Waals surface area (Å²) < 4.78 is 8.68. The van der Waals surface area contributed by atoms with Gasteiger partial charge in [-0.05, 0) is 31.5 Å². The van der Waals surface area contributed by atoms with E-state index in [2.05, 4.69) is 10.4 Å². The van der Waals surface area contributed by atoms with Gasteiger partial charge in [0.25, 0.3) is 5.56 Å². The molecule has 0 aliphatic rings. The lowest BCUT2D eigenvalue weighted by molar-refractivity contribution is -0.121. The summed E-state index contributed by atoms with van der Waals surface area (Å²) in [5, 5.41) is 9.02. The van der Waals surface area contributed by atoms with E-state index in [1.165, 1.54) is 4.68 Å². The van der Waals surface area contributed by atoms with Gasteiger partial charge >= 0.3 is 0 Å². The molecule has 3 heterocycles. The van der Waals surface area contributed by atoms with Gasteiger partial charge in [0.15, 0.2) is 0 Å². The van der Waals surface area contributed by atoms with Crippen molar-refractivity contribution in [3.05, 3.63) is 65.0 Å². The average molecular weight is 392 g/mol. The fraction of sp³-hybridized carbons (Fsp3) is 0.318. The van der Waals surface area contributed by atoms with Crippen molar-refractivity contribution in [3.8, 4) is 0 Å². The van der Waals surface area contributed by atoms with Gasteiger partial charge in [0.2, 0.25) is 5.91 Å². The minimum absolute atomic E-state index is 0.000238. The van der Waals surface area contributed by atoms with Crippen LogP contribution in [0.2, 0.25) is 0 Å². The lowest BCUT2D eigenvalue weighted by atomic mass is 10.2. The van der Waals surface area contributed by atoms with Gasteiger partial charge in [0, 0.05) is 48.8 Å². The Balaban J connectivity index is 1.47. The molecule has 0 aliphatic carbocycles. The number of carbonyl (C=O) groups excluding carboxylic acids is 1. The van der Waals surface area contributed by atoms with Crippen LogP contribution in [0.25, 0.3) is 21.8 Å². The van der Waals surface area contributed by atoms with Crippen LogP contribution in [-0.4, -0.2) is 26.3 Å². The highest BCUT2D eigenvalue weighted by Gasteiger charge is 2.15. The molecule has 29 heavy (non-hydrogen) atoms. The first kappa shape index (κ1) is 19.0. The highest BCUT2D eigenvalue weighted by Crippen LogP contribution is 2.26. The molecule has 0 radical (unpaired) electrons. The molecule has 7 heteroatoms. The maximum atomic E-state index is 12.7. The molecule has 0 bridgehead atoms. The lowest BCUT2D eigenvalue weighted by Crippen LogP contribution is -2.34. The van der Waals surface area contributed by atoms with Crippen LogP contribution in [0.3, 0.4) is 0 Å². The van der Waals surface area contributed by atoms with Crippen molar-refractivity contribution in [2.24, 2.45) is 7.05 Å². The molecule has 1 atom stereocenters. The Labute approximate surface area is 167 Å². The number of carbonyl (C=O) groups is 1. The Morgan fingerprint density at radius 1 is 1.21 bits per heavy atom. The van der Waals surface area contributed by atoms with E-state index in [0.717, 1.165) is 22.0 Å². The Morgan fingerprint density at radius 3 is 2.83 bits per heavy atom. The molecule has 7 nitrogen and oxygen atoms in total. The topological polar surface area (TPSA) is 82.1 Å². The Morgan fingerprint density at radius 2 is 2.03 bits per heavy atom. The summed E-state index contributed by atoms with van der Waals surface area (Å²) in [5.41, 5.74) is 1.49. The number of aryl methyl sites for hydroxylation is 2. The molecule has 4 rings (SSSR count). The number of furan rings is 1. The predicted octanol–water partition coefficient (Wildman–Crippen LogP) is 3.01. The van der Waals surface area contributed by atoms with Crippen LogP contribution < -0.4 is 10.9 Å². The quantitative estimate of drug-likeness (QED) is 0.524. The van der Waals surface area contributed by atoms with Crippen LogP contribution in [0.5, 0.6) is 0 Å². The fourth-order valence-electron chi connectivity index (χ4n) is 3.80. The van der Waals surface area contributed by atoms with Crippen molar-refractivity contribution >= 4 is 27.7 Å². The van der Waals surface area contributed by atoms with Crippen LogP contribution >= 0.6 is 0 Å². The van der Waals surface area contributed by atoms with Gasteiger partial charge < -0.3 is 14.3 Å². The highest BCUT2D eigenvalue weighted by molar-refractivity contribution is 6.07. The van der Waals surface area contributed by atoms with Gasteiger partial charge in [-0.15, -0.1) is 0 Å². The number of hydrogen-bond acceptors (Lipinski definition) is 4. The third-order valence-electron chi connectivity index (χ3n) is 5.15. The van der Waals surface area contributed by atoms with Gasteiger partial charge in [-0.2, -0.15) is 5.10 Å². The summed E-state index contributed by atoms with van der Waals surface area (Å²) >= 11 is 0. The van der Waals surface area contributed by atoms with E-state index in [4.69, 9.17) is 4.42 Å². The zero-order valence-corrected chi connectivity index (χ0v) is 16.6. The molecular formula is C22H24N4O3. The summed E-state index contributed by atoms with van der Waals surface area (Å²) in [4.78, 5) is 25.0. The third-order valence-corrected chi connectivity index (χ3v) is 5.15. The molecule has 0 spiro atoms. The number of nitrogens with zero attached hydrogens (tertiary/aromatic N) is 3. The second-order valence-corrected chi connectivity index (χ2v) is 7.36. The second-order valence-electron chi connectivity index (χ2n) is 7.36. The SMILES string of the molecule is C[C@@H](Cc1ccco1)NC(=O)CCCn1c2ccccc2c2cnn(C)c(=O)c21. The van der Waals surface area contributed by atoms with Crippen molar-refractivity contribution in [2.75, 3.05) is 0 Å². The van der Waals surface area contributed by atoms with E-state index in [9.17, 15) is 9.59 Å². The molecule has 1 aromatic carbocycles. The maximum absolute atomic E-state index is 12.7. The Bertz CT molecular complexity index is 1200. The monoisotopic (exact) mass is 392 g/mol. The van der Waals surface area contributed by atoms with Crippen molar-refractivity contribution in [3.63, 3.8) is 0 Å². The summed E-state index contributed by atoms with van der Waals surface area (Å²) in [6.45, 7) is 2.55. The number of nitrogens with one attached hydrogen (secondary N) is 1. The van der Waals surface area contributed by atoms with Crippen molar-refractivity contribution in [1.82, 2.24) is 19.7 Å². The van der Waals surface area contributed by atoms with E-state index in [-0.39, 0.29) is 17.5 Å².